The van der Waals surface area contributed by atoms with Gasteiger partial charge in [-0.15, -0.1) is 0 Å². The zero-order chi connectivity index (χ0) is 15.4. The van der Waals surface area contributed by atoms with Gasteiger partial charge >= 0.3 is 0 Å². The predicted molar refractivity (Wildman–Crippen MR) is 86.0 cm³/mol. The zero-order valence-electron chi connectivity index (χ0n) is 13.0. The molecule has 0 saturated carbocycles. The summed E-state index contributed by atoms with van der Waals surface area (Å²) >= 11 is 0. The van der Waals surface area contributed by atoms with E-state index < -0.39 is 0 Å². The molecule has 5 nitrogen and oxygen atoms in total. The fraction of sp³-hybridized carbons (Fsp3) is 0.412. The Balaban J connectivity index is 1.60. The highest BCUT2D eigenvalue weighted by atomic mass is 16.2. The highest BCUT2D eigenvalue weighted by molar-refractivity contribution is 5.78. The van der Waals surface area contributed by atoms with E-state index in [9.17, 15) is 4.79 Å². The maximum atomic E-state index is 12.4. The highest BCUT2D eigenvalue weighted by Crippen LogP contribution is 2.10. The van der Waals surface area contributed by atoms with E-state index in [4.69, 9.17) is 0 Å². The first-order chi connectivity index (χ1) is 10.8. The van der Waals surface area contributed by atoms with E-state index in [2.05, 4.69) is 16.9 Å². The molecule has 1 aromatic heterocycles. The first-order valence-electron chi connectivity index (χ1n) is 7.85. The number of rotatable bonds is 4. The number of hydrogen-bond donors (Lipinski definition) is 0. The van der Waals surface area contributed by atoms with Crippen molar-refractivity contribution in [2.75, 3.05) is 32.7 Å². The summed E-state index contributed by atoms with van der Waals surface area (Å²) in [7, 11) is 0. The van der Waals surface area contributed by atoms with Crippen LogP contribution in [0, 0.1) is 0 Å². The fourth-order valence-electron chi connectivity index (χ4n) is 2.77. The Labute approximate surface area is 131 Å². The van der Waals surface area contributed by atoms with Gasteiger partial charge in [0.15, 0.2) is 0 Å². The number of piperazine rings is 1. The molecule has 0 atom stereocenters. The summed E-state index contributed by atoms with van der Waals surface area (Å²) in [6.07, 6.45) is 4.15. The van der Waals surface area contributed by atoms with E-state index in [1.807, 2.05) is 46.1 Å². The molecule has 0 bridgehead atoms. The number of likely N-dealkylation sites (N-methyl/N-ethyl adjacent to an activating group) is 1. The molecule has 0 spiro atoms. The third-order valence-corrected chi connectivity index (χ3v) is 4.18. The largest absolute Gasteiger partial charge is 0.340 e. The Morgan fingerprint density at radius 3 is 2.55 bits per heavy atom. The van der Waals surface area contributed by atoms with Crippen molar-refractivity contribution in [3.8, 4) is 5.69 Å². The first-order valence-corrected chi connectivity index (χ1v) is 7.85. The molecule has 1 fully saturated rings. The van der Waals surface area contributed by atoms with Crippen molar-refractivity contribution in [1.82, 2.24) is 19.6 Å². The molecule has 0 N–H and O–H groups in total. The Morgan fingerprint density at radius 1 is 1.14 bits per heavy atom. The van der Waals surface area contributed by atoms with Gasteiger partial charge in [0.05, 0.1) is 18.3 Å². The average molecular weight is 298 g/mol. The maximum absolute atomic E-state index is 12.4. The van der Waals surface area contributed by atoms with Crippen LogP contribution in [0.4, 0.5) is 0 Å². The van der Waals surface area contributed by atoms with Gasteiger partial charge in [0.1, 0.15) is 0 Å². The molecule has 1 aliphatic rings. The molecular weight excluding hydrogens is 276 g/mol. The minimum Gasteiger partial charge on any atom is -0.340 e. The van der Waals surface area contributed by atoms with Gasteiger partial charge in [-0.2, -0.15) is 5.10 Å². The lowest BCUT2D eigenvalue weighted by Gasteiger charge is -2.34. The molecule has 1 aromatic carbocycles. The van der Waals surface area contributed by atoms with E-state index in [0.717, 1.165) is 44.0 Å². The normalized spacial score (nSPS) is 16.0. The second-order valence-electron chi connectivity index (χ2n) is 5.62. The Kier molecular flexibility index (Phi) is 4.53. The molecule has 22 heavy (non-hydrogen) atoms. The molecule has 1 amide bonds. The van der Waals surface area contributed by atoms with Gasteiger partial charge < -0.3 is 9.80 Å². The number of para-hydroxylation sites is 1. The molecule has 0 unspecified atom stereocenters. The molecule has 0 radical (unpaired) electrons. The van der Waals surface area contributed by atoms with Gasteiger partial charge in [-0.05, 0) is 24.2 Å². The predicted octanol–water partition coefficient (Wildman–Crippen LogP) is 1.58. The lowest BCUT2D eigenvalue weighted by atomic mass is 10.2. The van der Waals surface area contributed by atoms with E-state index in [0.29, 0.717) is 6.42 Å². The number of benzene rings is 1. The lowest BCUT2D eigenvalue weighted by Crippen LogP contribution is -2.48. The Hall–Kier alpha value is -2.14. The molecule has 2 heterocycles. The van der Waals surface area contributed by atoms with Crippen LogP contribution in [0.5, 0.6) is 0 Å². The van der Waals surface area contributed by atoms with Crippen LogP contribution in [0.2, 0.25) is 0 Å². The molecule has 2 aromatic rings. The van der Waals surface area contributed by atoms with Crippen molar-refractivity contribution >= 4 is 5.91 Å². The standard InChI is InChI=1S/C17H22N4O/c1-2-19-8-10-20(11-9-19)17(22)12-15-13-18-21(14-15)16-6-4-3-5-7-16/h3-7,13-14H,2,8-12H2,1H3. The summed E-state index contributed by atoms with van der Waals surface area (Å²) < 4.78 is 1.82. The lowest BCUT2D eigenvalue weighted by molar-refractivity contribution is -0.132. The fourth-order valence-corrected chi connectivity index (χ4v) is 2.77. The molecule has 1 saturated heterocycles. The highest BCUT2D eigenvalue weighted by Gasteiger charge is 2.20. The summed E-state index contributed by atoms with van der Waals surface area (Å²) in [6, 6.07) is 9.95. The van der Waals surface area contributed by atoms with E-state index in [-0.39, 0.29) is 5.91 Å². The maximum Gasteiger partial charge on any atom is 0.227 e. The van der Waals surface area contributed by atoms with Gasteiger partial charge in [-0.1, -0.05) is 25.1 Å². The van der Waals surface area contributed by atoms with Crippen LogP contribution in [-0.2, 0) is 11.2 Å². The number of nitrogens with zero attached hydrogens (tertiary/aromatic N) is 4. The van der Waals surface area contributed by atoms with Crippen molar-refractivity contribution in [2.45, 2.75) is 13.3 Å². The van der Waals surface area contributed by atoms with Gasteiger partial charge in [0.2, 0.25) is 5.91 Å². The van der Waals surface area contributed by atoms with Gasteiger partial charge in [-0.3, -0.25) is 4.79 Å². The summed E-state index contributed by atoms with van der Waals surface area (Å²) in [4.78, 5) is 16.7. The van der Waals surface area contributed by atoms with Gasteiger partial charge in [0, 0.05) is 32.4 Å². The van der Waals surface area contributed by atoms with Crippen LogP contribution in [0.3, 0.4) is 0 Å². The second kappa shape index (κ2) is 6.75. The summed E-state index contributed by atoms with van der Waals surface area (Å²) in [5.41, 5.74) is 1.98. The van der Waals surface area contributed by atoms with Crippen molar-refractivity contribution < 1.29 is 4.79 Å². The molecule has 0 aliphatic carbocycles. The summed E-state index contributed by atoms with van der Waals surface area (Å²) in [5, 5.41) is 4.35. The molecule has 3 rings (SSSR count). The van der Waals surface area contributed by atoms with Gasteiger partial charge in [-0.25, -0.2) is 4.68 Å². The van der Waals surface area contributed by atoms with Crippen LogP contribution >= 0.6 is 0 Å². The topological polar surface area (TPSA) is 41.4 Å². The third kappa shape index (κ3) is 3.36. The first kappa shape index (κ1) is 14.8. The average Bonchev–Trinajstić information content (AvgIpc) is 3.04. The summed E-state index contributed by atoms with van der Waals surface area (Å²) in [5.74, 6) is 0.198. The van der Waals surface area contributed by atoms with E-state index >= 15 is 0 Å². The molecule has 116 valence electrons. The smallest absolute Gasteiger partial charge is 0.227 e. The SMILES string of the molecule is CCN1CCN(C(=O)Cc2cnn(-c3ccccc3)c2)CC1. The summed E-state index contributed by atoms with van der Waals surface area (Å²) in [6.45, 7) is 6.84. The van der Waals surface area contributed by atoms with Crippen molar-refractivity contribution in [1.29, 1.82) is 0 Å². The van der Waals surface area contributed by atoms with Crippen LogP contribution in [0.15, 0.2) is 42.7 Å². The van der Waals surface area contributed by atoms with E-state index in [1.54, 1.807) is 6.20 Å². The van der Waals surface area contributed by atoms with Crippen LogP contribution in [0.25, 0.3) is 5.69 Å². The Morgan fingerprint density at radius 2 is 1.86 bits per heavy atom. The quantitative estimate of drug-likeness (QED) is 0.860. The van der Waals surface area contributed by atoms with Crippen molar-refractivity contribution in [3.63, 3.8) is 0 Å². The molecule has 5 heteroatoms. The monoisotopic (exact) mass is 298 g/mol. The third-order valence-electron chi connectivity index (χ3n) is 4.18. The van der Waals surface area contributed by atoms with E-state index in [1.165, 1.54) is 0 Å². The van der Waals surface area contributed by atoms with Crippen LogP contribution < -0.4 is 0 Å². The Bertz CT molecular complexity index is 615. The molecular formula is C17H22N4O. The van der Waals surface area contributed by atoms with Crippen LogP contribution in [0.1, 0.15) is 12.5 Å². The molecule has 1 aliphatic heterocycles. The number of carbonyl (C=O) groups is 1. The second-order valence-corrected chi connectivity index (χ2v) is 5.62. The van der Waals surface area contributed by atoms with Crippen LogP contribution in [-0.4, -0.2) is 58.2 Å². The van der Waals surface area contributed by atoms with Crippen molar-refractivity contribution in [3.05, 3.63) is 48.3 Å². The zero-order valence-corrected chi connectivity index (χ0v) is 13.0. The van der Waals surface area contributed by atoms with Gasteiger partial charge in [0.25, 0.3) is 0 Å². The minimum absolute atomic E-state index is 0.198. The number of amides is 1. The van der Waals surface area contributed by atoms with Crippen molar-refractivity contribution in [2.24, 2.45) is 0 Å². The number of carbonyl (C=O) groups excluding carboxylic acids is 1. The number of hydrogen-bond acceptors (Lipinski definition) is 3. The minimum atomic E-state index is 0.198. The number of aromatic nitrogens is 2.